The molecule has 0 amide bonds. The summed E-state index contributed by atoms with van der Waals surface area (Å²) in [6, 6.07) is 0. The van der Waals surface area contributed by atoms with Crippen molar-refractivity contribution in [2.45, 2.75) is 347 Å². The molecule has 478 valence electrons. The van der Waals surface area contributed by atoms with Crippen LogP contribution in [0.15, 0.2) is 58.2 Å². The highest BCUT2D eigenvalue weighted by atomic mass is 16.3. The van der Waals surface area contributed by atoms with Gasteiger partial charge >= 0.3 is 0 Å². The Morgan fingerprint density at radius 1 is 0.373 bits per heavy atom. The Morgan fingerprint density at radius 2 is 0.699 bits per heavy atom. The lowest BCUT2D eigenvalue weighted by molar-refractivity contribution is -0.116. The van der Waals surface area contributed by atoms with Gasteiger partial charge in [-0.3, -0.25) is 24.0 Å². The Balaban J connectivity index is 0.000000500. The van der Waals surface area contributed by atoms with Gasteiger partial charge in [-0.05, 0) is 202 Å². The average Bonchev–Trinajstić information content (AvgIpc) is 3.87. The van der Waals surface area contributed by atoms with Gasteiger partial charge in [0.2, 0.25) is 0 Å². The van der Waals surface area contributed by atoms with E-state index in [0.29, 0.717) is 70.3 Å². The van der Waals surface area contributed by atoms with E-state index in [4.69, 9.17) is 0 Å². The van der Waals surface area contributed by atoms with Crippen molar-refractivity contribution < 1.29 is 29.1 Å². The van der Waals surface area contributed by atoms with E-state index < -0.39 is 0 Å². The smallest absolute Gasteiger partial charge is 0.155 e. The number of aliphatic hydroxyl groups excluding tert-OH is 1. The zero-order chi connectivity index (χ0) is 62.0. The molecule has 6 rings (SSSR count). The minimum Gasteiger partial charge on any atom is -0.393 e. The molecule has 0 aliphatic heterocycles. The summed E-state index contributed by atoms with van der Waals surface area (Å²) < 4.78 is 0. The molecule has 0 aromatic heterocycles. The van der Waals surface area contributed by atoms with Crippen LogP contribution in [0.5, 0.6) is 0 Å². The number of rotatable bonds is 28. The quantitative estimate of drug-likeness (QED) is 0.0783. The monoisotopic (exact) mass is 1160 g/mol. The van der Waals surface area contributed by atoms with Crippen LogP contribution >= 0.6 is 0 Å². The highest BCUT2D eigenvalue weighted by Crippen LogP contribution is 2.33. The molecule has 1 fully saturated rings. The summed E-state index contributed by atoms with van der Waals surface area (Å²) in [5, 5.41) is 9.78. The Hall–Kier alpha value is -2.99. The summed E-state index contributed by atoms with van der Waals surface area (Å²) in [4.78, 5) is 56.2. The van der Waals surface area contributed by atoms with Gasteiger partial charge in [-0.25, -0.2) is 0 Å². The molecule has 9 atom stereocenters. The maximum Gasteiger partial charge on any atom is 0.155 e. The maximum atomic E-state index is 11.3. The Kier molecular flexibility index (Phi) is 45.2. The summed E-state index contributed by atoms with van der Waals surface area (Å²) in [5.74, 6) is 7.95. The molecule has 0 spiro atoms. The van der Waals surface area contributed by atoms with E-state index in [1.54, 1.807) is 6.08 Å². The van der Waals surface area contributed by atoms with E-state index in [0.717, 1.165) is 82.5 Å². The van der Waals surface area contributed by atoms with Crippen LogP contribution < -0.4 is 0 Å². The first-order valence-electron chi connectivity index (χ1n) is 35.3. The van der Waals surface area contributed by atoms with Gasteiger partial charge in [0.15, 0.2) is 28.9 Å². The van der Waals surface area contributed by atoms with Crippen LogP contribution in [0.1, 0.15) is 341 Å². The number of hydrogen-bond acceptors (Lipinski definition) is 6. The number of carbonyl (C=O) groups is 5. The summed E-state index contributed by atoms with van der Waals surface area (Å²) >= 11 is 0. The van der Waals surface area contributed by atoms with Crippen LogP contribution in [-0.2, 0) is 24.0 Å². The van der Waals surface area contributed by atoms with Gasteiger partial charge in [-0.2, -0.15) is 0 Å². The molecule has 6 heteroatoms. The van der Waals surface area contributed by atoms with Crippen molar-refractivity contribution in [3.05, 3.63) is 58.2 Å². The van der Waals surface area contributed by atoms with E-state index in [1.807, 2.05) is 24.3 Å². The predicted molar refractivity (Wildman–Crippen MR) is 358 cm³/mol. The van der Waals surface area contributed by atoms with Crippen molar-refractivity contribution in [1.29, 1.82) is 0 Å². The molecule has 6 aliphatic rings. The molecule has 1 saturated carbocycles. The van der Waals surface area contributed by atoms with E-state index in [2.05, 4.69) is 96.9 Å². The highest BCUT2D eigenvalue weighted by molar-refractivity contribution is 5.93. The topological polar surface area (TPSA) is 106 Å². The average molecular weight is 1160 g/mol. The summed E-state index contributed by atoms with van der Waals surface area (Å²) in [7, 11) is 0. The summed E-state index contributed by atoms with van der Waals surface area (Å²) in [6.45, 7) is 30.7. The summed E-state index contributed by atoms with van der Waals surface area (Å²) in [6.07, 6.45) is 54.9. The van der Waals surface area contributed by atoms with Gasteiger partial charge in [0.05, 0.1) is 6.10 Å². The fourth-order valence-corrected chi connectivity index (χ4v) is 13.8. The first-order valence-corrected chi connectivity index (χ1v) is 35.3. The Bertz CT molecular complexity index is 1940. The van der Waals surface area contributed by atoms with Gasteiger partial charge in [0, 0.05) is 32.1 Å². The molecular weight excluding hydrogens is 1020 g/mol. The van der Waals surface area contributed by atoms with Crippen LogP contribution in [0, 0.1) is 53.3 Å². The normalized spacial score (nSPS) is 24.1. The third-order valence-corrected chi connectivity index (χ3v) is 18.4. The maximum absolute atomic E-state index is 11.3. The van der Waals surface area contributed by atoms with Crippen molar-refractivity contribution in [2.24, 2.45) is 53.3 Å². The second-order valence-electron chi connectivity index (χ2n) is 28.4. The Morgan fingerprint density at radius 3 is 1.05 bits per heavy atom. The first kappa shape index (κ1) is 78.0. The van der Waals surface area contributed by atoms with E-state index >= 15 is 0 Å². The molecule has 0 heterocycles. The second-order valence-corrected chi connectivity index (χ2v) is 28.4. The van der Waals surface area contributed by atoms with Crippen LogP contribution in [-0.4, -0.2) is 40.1 Å². The molecule has 6 nitrogen and oxygen atoms in total. The van der Waals surface area contributed by atoms with Gasteiger partial charge in [-0.1, -0.05) is 219 Å². The number of unbranched alkanes of at least 4 members (excludes halogenated alkanes) is 10. The molecule has 0 saturated heterocycles. The van der Waals surface area contributed by atoms with E-state index in [9.17, 15) is 29.1 Å². The lowest BCUT2D eigenvalue weighted by atomic mass is 9.83. The third kappa shape index (κ3) is 41.7. The lowest BCUT2D eigenvalue weighted by Gasteiger charge is -2.21. The van der Waals surface area contributed by atoms with Crippen LogP contribution in [0.3, 0.4) is 0 Å². The molecule has 0 bridgehead atoms. The zero-order valence-electron chi connectivity index (χ0n) is 57.0. The van der Waals surface area contributed by atoms with Crippen molar-refractivity contribution in [1.82, 2.24) is 0 Å². The van der Waals surface area contributed by atoms with Crippen LogP contribution in [0.4, 0.5) is 0 Å². The van der Waals surface area contributed by atoms with Gasteiger partial charge in [-0.15, -0.1) is 0 Å². The minimum absolute atomic E-state index is 0.0160. The number of carbonyl (C=O) groups excluding carboxylic acids is 5. The molecule has 6 aliphatic carbocycles. The lowest BCUT2D eigenvalue weighted by Crippen LogP contribution is -2.14. The third-order valence-electron chi connectivity index (χ3n) is 18.4. The Labute approximate surface area is 514 Å². The molecule has 9 unspecified atom stereocenters. The van der Waals surface area contributed by atoms with Gasteiger partial charge in [0.25, 0.3) is 0 Å². The number of allylic oxidation sites excluding steroid dienone is 10. The number of ketones is 5. The van der Waals surface area contributed by atoms with Crippen molar-refractivity contribution in [2.75, 3.05) is 0 Å². The SMILES string of the molecule is CC1=CC(=O)CC(CC(C)C)C1.CCC(C)CCCC(C)CCC1CCCC1O.CCCCC1CC(=O)C=C(C)C1.CCCCCC1CC(=O)C=C(C)C1.CCCCCCC1CC(=O)C=C(C)C1.CCCCCCCC1CC(=O)C=C(C)C1. The number of aliphatic hydroxyl groups is 1. The van der Waals surface area contributed by atoms with Gasteiger partial charge in [0.1, 0.15) is 0 Å². The zero-order valence-corrected chi connectivity index (χ0v) is 57.0. The van der Waals surface area contributed by atoms with Crippen molar-refractivity contribution >= 4 is 28.9 Å². The van der Waals surface area contributed by atoms with E-state index in [-0.39, 0.29) is 6.10 Å². The summed E-state index contributed by atoms with van der Waals surface area (Å²) in [5.41, 5.74) is 6.37. The minimum atomic E-state index is 0.0160. The van der Waals surface area contributed by atoms with Crippen molar-refractivity contribution in [3.63, 3.8) is 0 Å². The molecule has 1 N–H and O–H groups in total. The van der Waals surface area contributed by atoms with Gasteiger partial charge < -0.3 is 5.11 Å². The largest absolute Gasteiger partial charge is 0.393 e. The standard InChI is InChI=1S/C16H32O.C14H24O.C13H22O.C12H20O.2C11H18O/c1-4-13(2)7-5-8-14(3)11-12-15-9-6-10-16(15)17;1-3-4-5-6-7-8-13-9-12(2)10-14(15)11-13;1-3-4-5-6-7-12-8-11(2)9-13(14)10-12;1-3-4-5-6-11-7-10(2)8-12(13)9-11;1-8(2)4-10-5-9(3)6-11(12)7-10;1-3-4-5-10-6-9(2)7-11(12)8-10/h13-17H,4-12H2,1-3H3;10,13H,3-9,11H2,1-2H3;9,12H,3-8,10H2,1-2H3;8,11H,3-7,9H2,1-2H3;6,8,10H,4-5,7H2,1-3H3;7,10H,3-6,8H2,1-2H3. The molecule has 0 aromatic carbocycles. The fraction of sp³-hybridized carbons (Fsp3) is 0.805. The van der Waals surface area contributed by atoms with E-state index in [1.165, 1.54) is 201 Å². The van der Waals surface area contributed by atoms with Crippen LogP contribution in [0.25, 0.3) is 0 Å². The molecule has 83 heavy (non-hydrogen) atoms. The number of hydrogen-bond donors (Lipinski definition) is 1. The fourth-order valence-electron chi connectivity index (χ4n) is 13.8. The first-order chi connectivity index (χ1) is 39.6. The van der Waals surface area contributed by atoms with Crippen LogP contribution in [0.2, 0.25) is 0 Å². The highest BCUT2D eigenvalue weighted by Gasteiger charge is 2.26. The second kappa shape index (κ2) is 48.1. The predicted octanol–water partition coefficient (Wildman–Crippen LogP) is 22.5. The molecule has 0 aromatic rings. The molecule has 0 radical (unpaired) electrons. The molecular formula is C77H134O6. The van der Waals surface area contributed by atoms with Crippen molar-refractivity contribution in [3.8, 4) is 0 Å².